The van der Waals surface area contributed by atoms with Crippen LogP contribution in [0.4, 0.5) is 5.69 Å². The zero-order chi connectivity index (χ0) is 24.2. The second-order valence-corrected chi connectivity index (χ2v) is 13.0. The fourth-order valence-corrected chi connectivity index (χ4v) is 7.05. The van der Waals surface area contributed by atoms with Gasteiger partial charge in [-0.3, -0.25) is 4.72 Å². The Balaban J connectivity index is 1.52. The molecule has 1 aromatic carbocycles. The van der Waals surface area contributed by atoms with Gasteiger partial charge in [0.1, 0.15) is 10.3 Å². The summed E-state index contributed by atoms with van der Waals surface area (Å²) in [6.45, 7) is 5.95. The predicted octanol–water partition coefficient (Wildman–Crippen LogP) is 5.47. The number of nitrogens with one attached hydrogen (secondary N) is 1. The summed E-state index contributed by atoms with van der Waals surface area (Å²) >= 11 is 4.34. The van der Waals surface area contributed by atoms with Gasteiger partial charge in [-0.25, -0.2) is 18.0 Å². The first-order chi connectivity index (χ1) is 15.5. The zero-order valence-corrected chi connectivity index (χ0v) is 22.0. The molecular weight excluding hydrogens is 530 g/mol. The van der Waals surface area contributed by atoms with E-state index in [1.807, 2.05) is 0 Å². The topological polar surface area (TPSA) is 98.8 Å². The Morgan fingerprint density at radius 2 is 1.85 bits per heavy atom. The standard InChI is InChI=1S/C23H28BrNO6S2/c1-14(2)18-9-4-15(3)12-19(18)31-21(26)13-30-23(27)16-5-7-17(8-6-16)25-33(28,29)22-11-10-20(24)32-22/h5-8,10-11,14-15,18-19,25H,4,9,12-13H2,1-3H3. The summed E-state index contributed by atoms with van der Waals surface area (Å²) < 4.78 is 38.9. The number of esters is 2. The first-order valence-electron chi connectivity index (χ1n) is 10.8. The molecule has 3 rings (SSSR count). The monoisotopic (exact) mass is 557 g/mol. The van der Waals surface area contributed by atoms with Gasteiger partial charge >= 0.3 is 11.9 Å². The molecule has 1 fully saturated rings. The van der Waals surface area contributed by atoms with Crippen LogP contribution < -0.4 is 4.72 Å². The van der Waals surface area contributed by atoms with Gasteiger partial charge in [0.2, 0.25) is 0 Å². The summed E-state index contributed by atoms with van der Waals surface area (Å²) in [4.78, 5) is 24.6. The molecule has 0 saturated heterocycles. The van der Waals surface area contributed by atoms with E-state index in [1.165, 1.54) is 30.3 Å². The lowest BCUT2D eigenvalue weighted by Gasteiger charge is -2.36. The van der Waals surface area contributed by atoms with E-state index in [0.717, 1.165) is 30.6 Å². The van der Waals surface area contributed by atoms with Crippen LogP contribution in [0.3, 0.4) is 0 Å². The summed E-state index contributed by atoms with van der Waals surface area (Å²) in [6, 6.07) is 8.96. The highest BCUT2D eigenvalue weighted by atomic mass is 79.9. The van der Waals surface area contributed by atoms with Crippen molar-refractivity contribution >= 4 is 54.9 Å². The largest absolute Gasteiger partial charge is 0.460 e. The van der Waals surface area contributed by atoms with E-state index in [9.17, 15) is 18.0 Å². The highest BCUT2D eigenvalue weighted by molar-refractivity contribution is 9.11. The molecule has 7 nitrogen and oxygen atoms in total. The van der Waals surface area contributed by atoms with Crippen molar-refractivity contribution in [1.82, 2.24) is 0 Å². The van der Waals surface area contributed by atoms with Crippen molar-refractivity contribution in [3.05, 3.63) is 45.7 Å². The number of halogens is 1. The maximum absolute atomic E-state index is 12.4. The van der Waals surface area contributed by atoms with Crippen LogP contribution in [0, 0.1) is 17.8 Å². The molecule has 0 spiro atoms. The number of ether oxygens (including phenoxy) is 2. The third-order valence-electron chi connectivity index (χ3n) is 5.75. The SMILES string of the molecule is CC1CCC(C(C)C)C(OC(=O)COC(=O)c2ccc(NS(=O)(=O)c3ccc(Br)s3)cc2)C1. The van der Waals surface area contributed by atoms with Crippen molar-refractivity contribution < 1.29 is 27.5 Å². The van der Waals surface area contributed by atoms with Crippen molar-refractivity contribution in [1.29, 1.82) is 0 Å². The minimum absolute atomic E-state index is 0.156. The Labute approximate surface area is 207 Å². The van der Waals surface area contributed by atoms with Gasteiger partial charge in [-0.05, 0) is 82.9 Å². The van der Waals surface area contributed by atoms with Gasteiger partial charge in [0, 0.05) is 5.69 Å². The highest BCUT2D eigenvalue weighted by Gasteiger charge is 2.33. The van der Waals surface area contributed by atoms with E-state index in [2.05, 4.69) is 41.4 Å². The third-order valence-corrected chi connectivity index (χ3v) is 9.25. The minimum atomic E-state index is -3.71. The lowest BCUT2D eigenvalue weighted by Crippen LogP contribution is -2.36. The lowest BCUT2D eigenvalue weighted by molar-refractivity contribution is -0.159. The molecule has 3 unspecified atom stereocenters. The number of thiophene rings is 1. The molecule has 1 aliphatic carbocycles. The number of carbonyl (C=O) groups is 2. The Bertz CT molecular complexity index is 1080. The fraction of sp³-hybridized carbons (Fsp3) is 0.478. The van der Waals surface area contributed by atoms with Gasteiger partial charge in [0.05, 0.1) is 9.35 Å². The van der Waals surface area contributed by atoms with Crippen molar-refractivity contribution in [3.8, 4) is 0 Å². The average Bonchev–Trinajstić information content (AvgIpc) is 3.19. The van der Waals surface area contributed by atoms with E-state index in [4.69, 9.17) is 9.47 Å². The summed E-state index contributed by atoms with van der Waals surface area (Å²) in [5, 5.41) is 0. The fourth-order valence-electron chi connectivity index (χ4n) is 3.98. The highest BCUT2D eigenvalue weighted by Crippen LogP contribution is 2.35. The zero-order valence-electron chi connectivity index (χ0n) is 18.7. The summed E-state index contributed by atoms with van der Waals surface area (Å²) in [6.07, 6.45) is 2.82. The molecule has 1 N–H and O–H groups in total. The third kappa shape index (κ3) is 7.04. The average molecular weight is 559 g/mol. The maximum atomic E-state index is 12.4. The van der Waals surface area contributed by atoms with Crippen LogP contribution in [0.5, 0.6) is 0 Å². The Hall–Kier alpha value is -1.91. The van der Waals surface area contributed by atoms with E-state index in [0.29, 0.717) is 27.2 Å². The number of carbonyl (C=O) groups excluding carboxylic acids is 2. The van der Waals surface area contributed by atoms with Crippen LogP contribution in [0.15, 0.2) is 44.4 Å². The van der Waals surface area contributed by atoms with Crippen LogP contribution in [0.2, 0.25) is 0 Å². The molecule has 2 aromatic rings. The van der Waals surface area contributed by atoms with Gasteiger partial charge < -0.3 is 9.47 Å². The van der Waals surface area contributed by atoms with Gasteiger partial charge in [-0.2, -0.15) is 0 Å². The van der Waals surface area contributed by atoms with Gasteiger partial charge in [-0.1, -0.05) is 27.2 Å². The second-order valence-electron chi connectivity index (χ2n) is 8.67. The molecule has 3 atom stereocenters. The smallest absolute Gasteiger partial charge is 0.344 e. The summed E-state index contributed by atoms with van der Waals surface area (Å²) in [7, 11) is -3.71. The molecule has 0 bridgehead atoms. The minimum Gasteiger partial charge on any atom is -0.460 e. The van der Waals surface area contributed by atoms with Crippen molar-refractivity contribution in [2.75, 3.05) is 11.3 Å². The van der Waals surface area contributed by atoms with E-state index >= 15 is 0 Å². The van der Waals surface area contributed by atoms with E-state index in [-0.39, 0.29) is 15.9 Å². The van der Waals surface area contributed by atoms with Crippen molar-refractivity contribution in [2.45, 2.75) is 50.3 Å². The Morgan fingerprint density at radius 1 is 1.15 bits per heavy atom. The number of sulfonamides is 1. The number of hydrogen-bond donors (Lipinski definition) is 1. The second kappa shape index (κ2) is 11.0. The van der Waals surface area contributed by atoms with Gasteiger partial charge in [-0.15, -0.1) is 11.3 Å². The van der Waals surface area contributed by atoms with Crippen LogP contribution in [-0.2, 0) is 24.3 Å². The van der Waals surface area contributed by atoms with Crippen LogP contribution in [-0.4, -0.2) is 33.1 Å². The van der Waals surface area contributed by atoms with Gasteiger partial charge in [0.15, 0.2) is 6.61 Å². The van der Waals surface area contributed by atoms with Crippen LogP contribution in [0.1, 0.15) is 50.4 Å². The summed E-state index contributed by atoms with van der Waals surface area (Å²) in [5.41, 5.74) is 0.512. The predicted molar refractivity (Wildman–Crippen MR) is 131 cm³/mol. The molecule has 1 aliphatic rings. The molecule has 1 heterocycles. The Morgan fingerprint density at radius 3 is 2.45 bits per heavy atom. The molecular formula is C23H28BrNO6S2. The molecule has 10 heteroatoms. The molecule has 0 radical (unpaired) electrons. The first-order valence-corrected chi connectivity index (χ1v) is 13.9. The maximum Gasteiger partial charge on any atom is 0.344 e. The van der Waals surface area contributed by atoms with Crippen molar-refractivity contribution in [3.63, 3.8) is 0 Å². The van der Waals surface area contributed by atoms with Crippen LogP contribution in [0.25, 0.3) is 0 Å². The van der Waals surface area contributed by atoms with E-state index in [1.54, 1.807) is 6.07 Å². The Kier molecular flexibility index (Phi) is 8.58. The molecule has 1 saturated carbocycles. The number of benzene rings is 1. The van der Waals surface area contributed by atoms with Gasteiger partial charge in [0.25, 0.3) is 10.0 Å². The normalized spacial score (nSPS) is 20.9. The number of rotatable bonds is 8. The van der Waals surface area contributed by atoms with E-state index < -0.39 is 28.6 Å². The summed E-state index contributed by atoms with van der Waals surface area (Å²) in [5.74, 6) is -0.0132. The first kappa shape index (κ1) is 25.7. The number of hydrogen-bond acceptors (Lipinski definition) is 7. The quantitative estimate of drug-likeness (QED) is 0.432. The molecule has 0 aliphatic heterocycles. The van der Waals surface area contributed by atoms with Crippen molar-refractivity contribution in [2.24, 2.45) is 17.8 Å². The molecule has 1 aromatic heterocycles. The van der Waals surface area contributed by atoms with Crippen LogP contribution >= 0.6 is 27.3 Å². The molecule has 0 amide bonds. The lowest BCUT2D eigenvalue weighted by atomic mass is 9.75. The number of anilines is 1. The molecule has 180 valence electrons. The molecule has 33 heavy (non-hydrogen) atoms.